The van der Waals surface area contributed by atoms with Crippen molar-refractivity contribution in [2.45, 2.75) is 0 Å². The molecule has 0 unspecified atom stereocenters. The van der Waals surface area contributed by atoms with Crippen molar-refractivity contribution in [2.75, 3.05) is 11.1 Å². The van der Waals surface area contributed by atoms with Gasteiger partial charge in [-0.1, -0.05) is 18.2 Å². The van der Waals surface area contributed by atoms with Crippen molar-refractivity contribution in [2.24, 2.45) is 0 Å². The van der Waals surface area contributed by atoms with E-state index >= 15 is 0 Å². The van der Waals surface area contributed by atoms with Crippen molar-refractivity contribution < 1.29 is 9.59 Å². The largest absolute Gasteiger partial charge is 0.368 e. The fraction of sp³-hybridized carbons (Fsp3) is 0. The van der Waals surface area contributed by atoms with Gasteiger partial charge in [-0.3, -0.25) is 9.59 Å². The topological polar surface area (TPSA) is 118 Å². The molecule has 32 heavy (non-hydrogen) atoms. The third-order valence-electron chi connectivity index (χ3n) is 5.14. The smallest absolute Gasteiger partial charge is 0.298 e. The van der Waals surface area contributed by atoms with Crippen LogP contribution in [0.1, 0.15) is 10.5 Å². The molecule has 1 aromatic carbocycles. The molecule has 4 heterocycles. The number of rotatable bonds is 5. The lowest BCUT2D eigenvalue weighted by Crippen LogP contribution is -2.24. The molecule has 5 aromatic rings. The third kappa shape index (κ3) is 3.50. The number of hydrogen-bond acceptors (Lipinski definition) is 5. The van der Waals surface area contributed by atoms with E-state index in [0.717, 1.165) is 16.8 Å². The summed E-state index contributed by atoms with van der Waals surface area (Å²) in [7, 11) is 0. The number of anilines is 2. The molecule has 0 aliphatic heterocycles. The second-order valence-corrected chi connectivity index (χ2v) is 7.18. The molecule has 5 rings (SSSR count). The van der Waals surface area contributed by atoms with E-state index < -0.39 is 11.7 Å². The first-order valence-electron chi connectivity index (χ1n) is 9.87. The number of aromatic amines is 1. The number of amides is 1. The molecule has 0 radical (unpaired) electrons. The van der Waals surface area contributed by atoms with E-state index in [2.05, 4.69) is 20.3 Å². The zero-order chi connectivity index (χ0) is 22.1. The maximum Gasteiger partial charge on any atom is 0.298 e. The van der Waals surface area contributed by atoms with Gasteiger partial charge in [0, 0.05) is 52.8 Å². The van der Waals surface area contributed by atoms with Crippen LogP contribution in [0.25, 0.3) is 27.9 Å². The second-order valence-electron chi connectivity index (χ2n) is 7.18. The fourth-order valence-corrected chi connectivity index (χ4v) is 3.59. The third-order valence-corrected chi connectivity index (χ3v) is 5.14. The maximum absolute atomic E-state index is 13.2. The maximum atomic E-state index is 13.2. The van der Waals surface area contributed by atoms with Crippen LogP contribution in [0.2, 0.25) is 0 Å². The van der Waals surface area contributed by atoms with E-state index in [-0.39, 0.29) is 11.6 Å². The highest BCUT2D eigenvalue weighted by atomic mass is 16.2. The molecular formula is C24H18N6O2. The predicted molar refractivity (Wildman–Crippen MR) is 122 cm³/mol. The number of carbonyl (C=O) groups excluding carboxylic acids is 2. The summed E-state index contributed by atoms with van der Waals surface area (Å²) in [6.45, 7) is 0. The van der Waals surface area contributed by atoms with Crippen LogP contribution in [-0.2, 0) is 4.79 Å². The van der Waals surface area contributed by atoms with E-state index in [9.17, 15) is 9.59 Å². The minimum Gasteiger partial charge on any atom is -0.368 e. The van der Waals surface area contributed by atoms with Gasteiger partial charge in [-0.05, 0) is 48.0 Å². The van der Waals surface area contributed by atoms with Gasteiger partial charge in [0.25, 0.3) is 11.7 Å². The van der Waals surface area contributed by atoms with Crippen molar-refractivity contribution in [1.29, 1.82) is 0 Å². The van der Waals surface area contributed by atoms with Crippen molar-refractivity contribution >= 4 is 28.8 Å². The molecule has 0 fully saturated rings. The molecule has 0 saturated carbocycles. The number of ketones is 1. The highest BCUT2D eigenvalue weighted by Gasteiger charge is 2.25. The van der Waals surface area contributed by atoms with E-state index in [1.54, 1.807) is 28.8 Å². The summed E-state index contributed by atoms with van der Waals surface area (Å²) in [5, 5.41) is 2.69. The summed E-state index contributed by atoms with van der Waals surface area (Å²) >= 11 is 0. The lowest BCUT2D eigenvalue weighted by molar-refractivity contribution is -0.112. The van der Waals surface area contributed by atoms with Crippen LogP contribution in [0.15, 0.2) is 85.5 Å². The van der Waals surface area contributed by atoms with Gasteiger partial charge in [0.2, 0.25) is 5.95 Å². The molecule has 0 aliphatic carbocycles. The second kappa shape index (κ2) is 7.84. The van der Waals surface area contributed by atoms with Crippen molar-refractivity contribution in [3.63, 3.8) is 0 Å². The van der Waals surface area contributed by atoms with Crippen LogP contribution in [0.5, 0.6) is 0 Å². The molecule has 4 N–H and O–H groups in total. The van der Waals surface area contributed by atoms with Gasteiger partial charge in [0.15, 0.2) is 0 Å². The number of aromatic nitrogens is 4. The summed E-state index contributed by atoms with van der Waals surface area (Å²) in [6, 6.07) is 18.5. The Labute approximate surface area is 182 Å². The molecule has 0 atom stereocenters. The molecule has 4 aromatic heterocycles. The average molecular weight is 422 g/mol. The number of pyridine rings is 1. The van der Waals surface area contributed by atoms with Crippen LogP contribution < -0.4 is 11.1 Å². The first kappa shape index (κ1) is 19.3. The first-order valence-corrected chi connectivity index (χ1v) is 9.87. The molecule has 0 spiro atoms. The van der Waals surface area contributed by atoms with E-state index in [4.69, 9.17) is 5.73 Å². The van der Waals surface area contributed by atoms with Crippen LogP contribution >= 0.6 is 0 Å². The Balaban J connectivity index is 1.47. The Morgan fingerprint density at radius 2 is 1.72 bits per heavy atom. The first-order chi connectivity index (χ1) is 15.6. The Morgan fingerprint density at radius 1 is 0.938 bits per heavy atom. The summed E-state index contributed by atoms with van der Waals surface area (Å²) < 4.78 is 1.68. The molecule has 0 saturated heterocycles. The molecule has 156 valence electrons. The molecule has 0 bridgehead atoms. The number of nitrogens with two attached hydrogens (primary N) is 1. The van der Waals surface area contributed by atoms with E-state index in [1.165, 1.54) is 12.4 Å². The van der Waals surface area contributed by atoms with Crippen LogP contribution in [-0.4, -0.2) is 31.0 Å². The standard InChI is InChI=1S/C24H18N6O2/c25-24-27-13-16(14-28-24)19-12-18-4-1-2-11-30(18)21(19)22(31)23(32)29-17-8-6-15(7-9-17)20-5-3-10-26-20/h1-14,26H,(H,29,32)(H2,25,27,28). The van der Waals surface area contributed by atoms with Crippen LogP contribution in [0, 0.1) is 0 Å². The monoisotopic (exact) mass is 422 g/mol. The Kier molecular flexibility index (Phi) is 4.72. The normalized spacial score (nSPS) is 10.9. The summed E-state index contributed by atoms with van der Waals surface area (Å²) in [5.41, 5.74) is 10.2. The molecule has 1 amide bonds. The zero-order valence-electron chi connectivity index (χ0n) is 16.8. The minimum absolute atomic E-state index is 0.130. The highest BCUT2D eigenvalue weighted by Crippen LogP contribution is 2.28. The highest BCUT2D eigenvalue weighted by molar-refractivity contribution is 6.47. The Bertz CT molecular complexity index is 1420. The summed E-state index contributed by atoms with van der Waals surface area (Å²) in [4.78, 5) is 37.3. The summed E-state index contributed by atoms with van der Waals surface area (Å²) in [5.74, 6) is -1.28. The van der Waals surface area contributed by atoms with E-state index in [0.29, 0.717) is 16.8 Å². The van der Waals surface area contributed by atoms with Gasteiger partial charge < -0.3 is 20.4 Å². The van der Waals surface area contributed by atoms with Crippen LogP contribution in [0.4, 0.5) is 11.6 Å². The van der Waals surface area contributed by atoms with Crippen LogP contribution in [0.3, 0.4) is 0 Å². The molecular weight excluding hydrogens is 404 g/mol. The number of H-pyrrole nitrogens is 1. The van der Waals surface area contributed by atoms with Gasteiger partial charge in [-0.2, -0.15) is 0 Å². The lowest BCUT2D eigenvalue weighted by atomic mass is 10.1. The average Bonchev–Trinajstić information content (AvgIpc) is 3.48. The minimum atomic E-state index is -0.737. The van der Waals surface area contributed by atoms with Crippen molar-refractivity contribution in [3.8, 4) is 22.4 Å². The zero-order valence-corrected chi connectivity index (χ0v) is 16.8. The number of benzene rings is 1. The number of fused-ring (bicyclic) bond motifs is 1. The SMILES string of the molecule is Nc1ncc(-c2cc3ccccn3c2C(=O)C(=O)Nc2ccc(-c3ccc[nH]3)cc2)cn1. The van der Waals surface area contributed by atoms with Gasteiger partial charge in [0.1, 0.15) is 5.69 Å². The number of hydrogen-bond donors (Lipinski definition) is 3. The van der Waals surface area contributed by atoms with Crippen molar-refractivity contribution in [1.82, 2.24) is 19.4 Å². The lowest BCUT2D eigenvalue weighted by Gasteiger charge is -2.08. The number of nitrogens with one attached hydrogen (secondary N) is 2. The Hall–Kier alpha value is -4.72. The quantitative estimate of drug-likeness (QED) is 0.294. The Morgan fingerprint density at radius 3 is 2.44 bits per heavy atom. The number of nitrogens with zero attached hydrogens (tertiary/aromatic N) is 3. The van der Waals surface area contributed by atoms with E-state index in [1.807, 2.05) is 48.7 Å². The number of Topliss-reactive ketones (excluding diaryl/α,β-unsaturated/α-hetero) is 1. The molecule has 8 heteroatoms. The van der Waals surface area contributed by atoms with Gasteiger partial charge >= 0.3 is 0 Å². The fourth-order valence-electron chi connectivity index (χ4n) is 3.59. The van der Waals surface area contributed by atoms with Crippen molar-refractivity contribution in [3.05, 3.63) is 91.1 Å². The molecule has 0 aliphatic rings. The van der Waals surface area contributed by atoms with Gasteiger partial charge in [-0.25, -0.2) is 9.97 Å². The van der Waals surface area contributed by atoms with Gasteiger partial charge in [0.05, 0.1) is 0 Å². The van der Waals surface area contributed by atoms with Gasteiger partial charge in [-0.15, -0.1) is 0 Å². The predicted octanol–water partition coefficient (Wildman–Crippen LogP) is 3.80. The molecule has 8 nitrogen and oxygen atoms in total. The number of nitrogen functional groups attached to an aromatic ring is 1. The number of carbonyl (C=O) groups is 2. The summed E-state index contributed by atoms with van der Waals surface area (Å²) in [6.07, 6.45) is 6.65.